The third kappa shape index (κ3) is 2.99. The van der Waals surface area contributed by atoms with E-state index in [-0.39, 0.29) is 5.82 Å². The Bertz CT molecular complexity index is 607. The minimum absolute atomic E-state index is 0.340. The van der Waals surface area contributed by atoms with Gasteiger partial charge < -0.3 is 5.73 Å². The van der Waals surface area contributed by atoms with Gasteiger partial charge in [0.1, 0.15) is 17.6 Å². The molecule has 1 aromatic heterocycles. The van der Waals surface area contributed by atoms with Crippen LogP contribution >= 0.6 is 11.8 Å². The van der Waals surface area contributed by atoms with E-state index in [9.17, 15) is 4.39 Å². The third-order valence-corrected chi connectivity index (χ3v) is 3.47. The summed E-state index contributed by atoms with van der Waals surface area (Å²) in [5.74, 6) is 0.320. The molecule has 90 valence electrons. The van der Waals surface area contributed by atoms with Crippen LogP contribution in [0, 0.1) is 17.1 Å². The molecule has 0 unspecified atom stereocenters. The fourth-order valence-corrected chi connectivity index (χ4v) is 2.33. The van der Waals surface area contributed by atoms with Gasteiger partial charge in [0.15, 0.2) is 0 Å². The summed E-state index contributed by atoms with van der Waals surface area (Å²) in [6.45, 7) is 0. The fourth-order valence-electron chi connectivity index (χ4n) is 1.44. The van der Waals surface area contributed by atoms with Gasteiger partial charge >= 0.3 is 0 Å². The first-order valence-corrected chi connectivity index (χ1v) is 6.20. The summed E-state index contributed by atoms with van der Waals surface area (Å²) in [4.78, 5) is 4.72. The maximum absolute atomic E-state index is 12.9. The van der Waals surface area contributed by atoms with E-state index < -0.39 is 0 Å². The Balaban J connectivity index is 2.09. The summed E-state index contributed by atoms with van der Waals surface area (Å²) >= 11 is 1.50. The molecule has 0 fully saturated rings. The minimum atomic E-state index is -0.340. The third-order valence-electron chi connectivity index (χ3n) is 2.31. The van der Waals surface area contributed by atoms with Crippen molar-refractivity contribution >= 4 is 17.4 Å². The molecule has 3 nitrogen and oxygen atoms in total. The van der Waals surface area contributed by atoms with Crippen molar-refractivity contribution in [3.05, 3.63) is 53.6 Å². The van der Waals surface area contributed by atoms with Crippen LogP contribution in [0.25, 0.3) is 0 Å². The van der Waals surface area contributed by atoms with E-state index in [4.69, 9.17) is 11.0 Å². The Hall–Kier alpha value is -2.06. The molecule has 2 rings (SSSR count). The molecule has 0 spiro atoms. The van der Waals surface area contributed by atoms with Gasteiger partial charge in [0.25, 0.3) is 0 Å². The summed E-state index contributed by atoms with van der Waals surface area (Å²) in [6.07, 6.45) is 1.60. The Kier molecular flexibility index (Phi) is 3.80. The highest BCUT2D eigenvalue weighted by atomic mass is 32.2. The number of aromatic nitrogens is 1. The first-order chi connectivity index (χ1) is 8.69. The number of nitrogens with two attached hydrogens (primary N) is 1. The van der Waals surface area contributed by atoms with E-state index >= 15 is 0 Å². The van der Waals surface area contributed by atoms with Gasteiger partial charge in [0.05, 0.1) is 0 Å². The summed E-state index contributed by atoms with van der Waals surface area (Å²) in [7, 11) is 0. The number of thioether (sulfide) groups is 1. The van der Waals surface area contributed by atoms with Crippen molar-refractivity contribution in [2.45, 2.75) is 10.6 Å². The van der Waals surface area contributed by atoms with Crippen LogP contribution in [-0.2, 0) is 5.75 Å². The molecule has 0 bridgehead atoms. The zero-order valence-corrected chi connectivity index (χ0v) is 10.2. The Labute approximate surface area is 108 Å². The fraction of sp³-hybridized carbons (Fsp3) is 0.0769. The molecule has 0 radical (unpaired) electrons. The number of pyridine rings is 1. The number of nitrogens with zero attached hydrogens (tertiary/aromatic N) is 2. The van der Waals surface area contributed by atoms with Crippen LogP contribution in [0.3, 0.4) is 0 Å². The van der Waals surface area contributed by atoms with Gasteiger partial charge in [-0.1, -0.05) is 0 Å². The van der Waals surface area contributed by atoms with Crippen LogP contribution in [0.1, 0.15) is 11.3 Å². The molecule has 1 heterocycles. The quantitative estimate of drug-likeness (QED) is 0.680. The molecule has 0 amide bonds. The topological polar surface area (TPSA) is 62.7 Å². The van der Waals surface area contributed by atoms with E-state index in [0.717, 1.165) is 10.5 Å². The molecular weight excluding hydrogens is 249 g/mol. The van der Waals surface area contributed by atoms with E-state index in [0.29, 0.717) is 17.1 Å². The van der Waals surface area contributed by atoms with Gasteiger partial charge in [0, 0.05) is 22.5 Å². The number of halogens is 1. The van der Waals surface area contributed by atoms with Crippen molar-refractivity contribution in [2.75, 3.05) is 5.73 Å². The lowest BCUT2D eigenvalue weighted by atomic mass is 10.2. The average Bonchev–Trinajstić information content (AvgIpc) is 2.38. The number of anilines is 1. The van der Waals surface area contributed by atoms with Gasteiger partial charge in [-0.25, -0.2) is 9.37 Å². The van der Waals surface area contributed by atoms with Gasteiger partial charge in [-0.15, -0.1) is 11.8 Å². The minimum Gasteiger partial charge on any atom is -0.398 e. The summed E-state index contributed by atoms with van der Waals surface area (Å²) in [5, 5.41) is 8.74. The number of benzene rings is 1. The van der Waals surface area contributed by atoms with Crippen LogP contribution in [0.15, 0.2) is 41.4 Å². The Morgan fingerprint density at radius 3 is 2.89 bits per heavy atom. The molecule has 2 N–H and O–H groups in total. The molecule has 2 aromatic rings. The zero-order valence-electron chi connectivity index (χ0n) is 9.43. The van der Waals surface area contributed by atoms with Gasteiger partial charge in [-0.2, -0.15) is 5.26 Å². The molecule has 0 aliphatic heterocycles. The summed E-state index contributed by atoms with van der Waals surface area (Å²) in [5.41, 5.74) is 7.51. The van der Waals surface area contributed by atoms with E-state index in [1.165, 1.54) is 23.9 Å². The van der Waals surface area contributed by atoms with Crippen molar-refractivity contribution in [3.8, 4) is 6.07 Å². The summed E-state index contributed by atoms with van der Waals surface area (Å²) in [6, 6.07) is 9.90. The largest absolute Gasteiger partial charge is 0.398 e. The van der Waals surface area contributed by atoms with Gasteiger partial charge in [-0.05, 0) is 35.9 Å². The van der Waals surface area contributed by atoms with Crippen molar-refractivity contribution in [2.24, 2.45) is 0 Å². The smallest absolute Gasteiger partial charge is 0.140 e. The molecular formula is C13H10FN3S. The first-order valence-electron chi connectivity index (χ1n) is 5.22. The zero-order chi connectivity index (χ0) is 13.0. The van der Waals surface area contributed by atoms with Crippen LogP contribution in [0.2, 0.25) is 0 Å². The maximum Gasteiger partial charge on any atom is 0.140 e. The standard InChI is InChI=1S/C13H10FN3S/c14-10-1-2-13(12(16)6-10)18-8-9-3-4-17-11(5-9)7-15/h1-6H,8,16H2. The predicted octanol–water partition coefficient (Wildman–Crippen LogP) is 2.97. The van der Waals surface area contributed by atoms with Gasteiger partial charge in [-0.3, -0.25) is 0 Å². The van der Waals surface area contributed by atoms with Crippen molar-refractivity contribution in [1.82, 2.24) is 4.98 Å². The average molecular weight is 259 g/mol. The lowest BCUT2D eigenvalue weighted by Crippen LogP contribution is -1.91. The predicted molar refractivity (Wildman–Crippen MR) is 69.3 cm³/mol. The molecule has 0 aliphatic carbocycles. The normalized spacial score (nSPS) is 10.0. The highest BCUT2D eigenvalue weighted by Gasteiger charge is 2.03. The summed E-state index contributed by atoms with van der Waals surface area (Å²) < 4.78 is 12.9. The lowest BCUT2D eigenvalue weighted by Gasteiger charge is -2.05. The number of nitrogen functional groups attached to an aromatic ring is 1. The monoisotopic (exact) mass is 259 g/mol. The number of nitriles is 1. The highest BCUT2D eigenvalue weighted by molar-refractivity contribution is 7.98. The second-order valence-electron chi connectivity index (χ2n) is 3.63. The SMILES string of the molecule is N#Cc1cc(CSc2ccc(F)cc2N)ccn1. The second kappa shape index (κ2) is 5.52. The molecule has 5 heteroatoms. The van der Waals surface area contributed by atoms with Crippen LogP contribution in [-0.4, -0.2) is 4.98 Å². The number of hydrogen-bond donors (Lipinski definition) is 1. The Morgan fingerprint density at radius 2 is 2.17 bits per heavy atom. The Morgan fingerprint density at radius 1 is 1.33 bits per heavy atom. The number of hydrogen-bond acceptors (Lipinski definition) is 4. The van der Waals surface area contributed by atoms with Crippen LogP contribution < -0.4 is 5.73 Å². The van der Waals surface area contributed by atoms with Crippen molar-refractivity contribution in [3.63, 3.8) is 0 Å². The molecule has 0 saturated carbocycles. The van der Waals surface area contributed by atoms with E-state index in [2.05, 4.69) is 4.98 Å². The molecule has 18 heavy (non-hydrogen) atoms. The molecule has 0 atom stereocenters. The van der Waals surface area contributed by atoms with Gasteiger partial charge in [0.2, 0.25) is 0 Å². The maximum atomic E-state index is 12.9. The van der Waals surface area contributed by atoms with E-state index in [1.54, 1.807) is 18.3 Å². The molecule has 1 aromatic carbocycles. The lowest BCUT2D eigenvalue weighted by molar-refractivity contribution is 0.627. The molecule has 0 saturated heterocycles. The van der Waals surface area contributed by atoms with E-state index in [1.807, 2.05) is 12.1 Å². The van der Waals surface area contributed by atoms with Crippen LogP contribution in [0.4, 0.5) is 10.1 Å². The second-order valence-corrected chi connectivity index (χ2v) is 4.65. The first kappa shape index (κ1) is 12.4. The highest BCUT2D eigenvalue weighted by Crippen LogP contribution is 2.28. The van der Waals surface area contributed by atoms with Crippen LogP contribution in [0.5, 0.6) is 0 Å². The van der Waals surface area contributed by atoms with Crippen molar-refractivity contribution in [1.29, 1.82) is 5.26 Å². The molecule has 0 aliphatic rings. The number of rotatable bonds is 3. The van der Waals surface area contributed by atoms with Crippen molar-refractivity contribution < 1.29 is 4.39 Å².